The molecule has 2 fully saturated rings. The zero-order chi connectivity index (χ0) is 9.64. The third kappa shape index (κ3) is 1.59. The number of halogens is 2. The maximum absolute atomic E-state index is 13.0. The summed E-state index contributed by atoms with van der Waals surface area (Å²) < 4.78 is 26.1. The van der Waals surface area contributed by atoms with Crippen LogP contribution < -0.4 is 0 Å². The Labute approximate surface area is 75.3 Å². The molecule has 0 aromatic carbocycles. The van der Waals surface area contributed by atoms with E-state index in [-0.39, 0.29) is 12.1 Å². The lowest BCUT2D eigenvalue weighted by atomic mass is 10.2. The van der Waals surface area contributed by atoms with Gasteiger partial charge >= 0.3 is 6.03 Å². The van der Waals surface area contributed by atoms with Crippen LogP contribution in [0.3, 0.4) is 0 Å². The fraction of sp³-hybridized carbons (Fsp3) is 0.875. The third-order valence-corrected chi connectivity index (χ3v) is 2.43. The van der Waals surface area contributed by atoms with Crippen molar-refractivity contribution in [2.24, 2.45) is 0 Å². The second kappa shape index (κ2) is 2.56. The number of carbonyl (C=O) groups excluding carboxylic acids is 1. The number of rotatable bonds is 1. The monoisotopic (exact) mass is 190 g/mol. The Morgan fingerprint density at radius 3 is 2.54 bits per heavy atom. The normalized spacial score (nSPS) is 28.1. The first-order chi connectivity index (χ1) is 5.99. The molecule has 3 nitrogen and oxygen atoms in total. The van der Waals surface area contributed by atoms with E-state index in [0.29, 0.717) is 0 Å². The van der Waals surface area contributed by atoms with E-state index in [9.17, 15) is 13.6 Å². The largest absolute Gasteiger partial charge is 0.322 e. The molecule has 0 atom stereocenters. The smallest absolute Gasteiger partial charge is 0.320 e. The number of alkyl halides is 2. The van der Waals surface area contributed by atoms with Gasteiger partial charge in [-0.15, -0.1) is 0 Å². The van der Waals surface area contributed by atoms with Crippen molar-refractivity contribution < 1.29 is 13.6 Å². The molecule has 1 aliphatic carbocycles. The van der Waals surface area contributed by atoms with Crippen molar-refractivity contribution in [1.29, 1.82) is 0 Å². The van der Waals surface area contributed by atoms with Gasteiger partial charge in [0.15, 0.2) is 0 Å². The van der Waals surface area contributed by atoms with Gasteiger partial charge in [-0.3, -0.25) is 0 Å². The second-order valence-electron chi connectivity index (χ2n) is 3.85. The van der Waals surface area contributed by atoms with E-state index in [1.165, 1.54) is 11.9 Å². The maximum Gasteiger partial charge on any atom is 0.320 e. The average molecular weight is 190 g/mol. The van der Waals surface area contributed by atoms with Crippen LogP contribution in [0.2, 0.25) is 0 Å². The maximum atomic E-state index is 13.0. The SMILES string of the molecule is CN1CC(F)(F)CN(C2CC2)C1=O. The van der Waals surface area contributed by atoms with E-state index in [1.54, 1.807) is 0 Å². The van der Waals surface area contributed by atoms with Gasteiger partial charge in [0, 0.05) is 13.1 Å². The van der Waals surface area contributed by atoms with Crippen molar-refractivity contribution in [3.8, 4) is 0 Å². The van der Waals surface area contributed by atoms with E-state index < -0.39 is 19.0 Å². The van der Waals surface area contributed by atoms with E-state index in [1.807, 2.05) is 0 Å². The first-order valence-electron chi connectivity index (χ1n) is 4.39. The fourth-order valence-electron chi connectivity index (χ4n) is 1.67. The molecule has 1 aliphatic heterocycles. The first kappa shape index (κ1) is 8.72. The number of hydrogen-bond acceptors (Lipinski definition) is 1. The third-order valence-electron chi connectivity index (χ3n) is 2.43. The van der Waals surface area contributed by atoms with Crippen LogP contribution in [0.4, 0.5) is 13.6 Å². The van der Waals surface area contributed by atoms with Crippen LogP contribution in [0.25, 0.3) is 0 Å². The van der Waals surface area contributed by atoms with Gasteiger partial charge in [0.25, 0.3) is 5.92 Å². The molecule has 1 saturated carbocycles. The van der Waals surface area contributed by atoms with Crippen molar-refractivity contribution in [3.05, 3.63) is 0 Å². The molecule has 0 spiro atoms. The van der Waals surface area contributed by atoms with Crippen LogP contribution in [0, 0.1) is 0 Å². The number of nitrogens with zero attached hydrogens (tertiary/aromatic N) is 2. The summed E-state index contributed by atoms with van der Waals surface area (Å²) in [5, 5.41) is 0. The molecule has 0 radical (unpaired) electrons. The Morgan fingerprint density at radius 1 is 1.38 bits per heavy atom. The fourth-order valence-corrected chi connectivity index (χ4v) is 1.67. The number of hydrogen-bond donors (Lipinski definition) is 0. The Morgan fingerprint density at radius 2 is 2.00 bits per heavy atom. The molecule has 0 unspecified atom stereocenters. The van der Waals surface area contributed by atoms with Gasteiger partial charge in [0.05, 0.1) is 13.1 Å². The van der Waals surface area contributed by atoms with Crippen LogP contribution in [-0.4, -0.2) is 47.9 Å². The highest BCUT2D eigenvalue weighted by atomic mass is 19.3. The van der Waals surface area contributed by atoms with Crippen LogP contribution in [0.5, 0.6) is 0 Å². The minimum absolute atomic E-state index is 0.0705. The summed E-state index contributed by atoms with van der Waals surface area (Å²) in [6.07, 6.45) is 1.74. The van der Waals surface area contributed by atoms with Gasteiger partial charge in [-0.25, -0.2) is 13.6 Å². The number of urea groups is 1. The molecule has 2 rings (SSSR count). The zero-order valence-electron chi connectivity index (χ0n) is 7.46. The predicted octanol–water partition coefficient (Wildman–Crippen LogP) is 1.15. The summed E-state index contributed by atoms with van der Waals surface area (Å²) in [4.78, 5) is 13.8. The molecule has 0 aromatic heterocycles. The summed E-state index contributed by atoms with van der Waals surface area (Å²) in [6, 6.07) is -0.186. The summed E-state index contributed by atoms with van der Waals surface area (Å²) in [7, 11) is 1.42. The van der Waals surface area contributed by atoms with Crippen LogP contribution in [0.15, 0.2) is 0 Å². The van der Waals surface area contributed by atoms with E-state index in [2.05, 4.69) is 0 Å². The highest BCUT2D eigenvalue weighted by Gasteiger charge is 2.46. The molecule has 2 aliphatic rings. The molecular weight excluding hydrogens is 178 g/mol. The van der Waals surface area contributed by atoms with Gasteiger partial charge < -0.3 is 9.80 Å². The predicted molar refractivity (Wildman–Crippen MR) is 42.7 cm³/mol. The summed E-state index contributed by atoms with van der Waals surface area (Å²) in [5.74, 6) is -2.74. The van der Waals surface area contributed by atoms with Crippen molar-refractivity contribution >= 4 is 6.03 Å². The Kier molecular flexibility index (Phi) is 1.72. The minimum atomic E-state index is -2.74. The van der Waals surface area contributed by atoms with E-state index in [4.69, 9.17) is 0 Å². The van der Waals surface area contributed by atoms with Crippen molar-refractivity contribution in [2.75, 3.05) is 20.1 Å². The Hall–Kier alpha value is -0.870. The molecule has 0 N–H and O–H groups in total. The van der Waals surface area contributed by atoms with Crippen LogP contribution >= 0.6 is 0 Å². The van der Waals surface area contributed by atoms with Gasteiger partial charge in [0.1, 0.15) is 0 Å². The Balaban J connectivity index is 2.12. The highest BCUT2D eigenvalue weighted by Crippen LogP contribution is 2.33. The lowest BCUT2D eigenvalue weighted by molar-refractivity contribution is -0.0664. The second-order valence-corrected chi connectivity index (χ2v) is 3.85. The molecule has 1 heterocycles. The molecule has 0 aromatic rings. The average Bonchev–Trinajstić information content (AvgIpc) is 2.78. The van der Waals surface area contributed by atoms with Crippen LogP contribution in [0.1, 0.15) is 12.8 Å². The zero-order valence-corrected chi connectivity index (χ0v) is 7.46. The number of amides is 2. The lowest BCUT2D eigenvalue weighted by Crippen LogP contribution is -2.57. The topological polar surface area (TPSA) is 23.6 Å². The van der Waals surface area contributed by atoms with Crippen molar-refractivity contribution in [2.45, 2.75) is 24.8 Å². The quantitative estimate of drug-likeness (QED) is 0.608. The summed E-state index contributed by atoms with van der Waals surface area (Å²) in [5.41, 5.74) is 0. The molecule has 1 saturated heterocycles. The van der Waals surface area contributed by atoms with Crippen molar-refractivity contribution in [3.63, 3.8) is 0 Å². The van der Waals surface area contributed by atoms with Crippen LogP contribution in [-0.2, 0) is 0 Å². The molecule has 74 valence electrons. The summed E-state index contributed by atoms with van der Waals surface area (Å²) >= 11 is 0. The van der Waals surface area contributed by atoms with E-state index >= 15 is 0 Å². The number of carbonyl (C=O) groups is 1. The standard InChI is InChI=1S/C8H12F2N2O/c1-11-4-8(9,10)5-12(7(11)13)6-2-3-6/h6H,2-5H2,1H3. The minimum Gasteiger partial charge on any atom is -0.322 e. The lowest BCUT2D eigenvalue weighted by Gasteiger charge is -2.38. The molecule has 13 heavy (non-hydrogen) atoms. The molecule has 2 amide bonds. The highest BCUT2D eigenvalue weighted by molar-refractivity contribution is 5.76. The summed E-state index contributed by atoms with van der Waals surface area (Å²) in [6.45, 7) is -0.851. The van der Waals surface area contributed by atoms with E-state index in [0.717, 1.165) is 17.7 Å². The van der Waals surface area contributed by atoms with Gasteiger partial charge in [-0.2, -0.15) is 0 Å². The van der Waals surface area contributed by atoms with Gasteiger partial charge in [0.2, 0.25) is 0 Å². The van der Waals surface area contributed by atoms with Gasteiger partial charge in [-0.05, 0) is 12.8 Å². The van der Waals surface area contributed by atoms with Gasteiger partial charge in [-0.1, -0.05) is 0 Å². The van der Waals surface area contributed by atoms with Crippen molar-refractivity contribution in [1.82, 2.24) is 9.80 Å². The Bertz CT molecular complexity index is 240. The first-order valence-corrected chi connectivity index (χ1v) is 4.39. The molecule has 5 heteroatoms. The molecular formula is C8H12F2N2O. The molecule has 0 bridgehead atoms.